The molecule has 0 atom stereocenters. The average Bonchev–Trinajstić information content (AvgIpc) is 3.59. The van der Waals surface area contributed by atoms with E-state index in [1.54, 1.807) is 12.4 Å². The quantitative estimate of drug-likeness (QED) is 0.161. The molecule has 0 spiro atoms. The summed E-state index contributed by atoms with van der Waals surface area (Å²) in [4.78, 5) is 28.8. The molecule has 10 nitrogen and oxygen atoms in total. The molecule has 0 bridgehead atoms. The molecule has 2 aromatic carbocycles. The van der Waals surface area contributed by atoms with Crippen molar-refractivity contribution in [3.05, 3.63) is 77.9 Å². The molecule has 0 saturated carbocycles. The van der Waals surface area contributed by atoms with Gasteiger partial charge in [0.25, 0.3) is 0 Å². The van der Waals surface area contributed by atoms with Gasteiger partial charge in [-0.25, -0.2) is 19.7 Å². The Balaban J connectivity index is 1.14. The van der Waals surface area contributed by atoms with Gasteiger partial charge >= 0.3 is 6.03 Å². The Bertz CT molecular complexity index is 1530. The third-order valence-corrected chi connectivity index (χ3v) is 6.88. The number of thiazole rings is 1. The molecule has 3 heterocycles. The lowest BCUT2D eigenvalue weighted by atomic mass is 10.2. The average molecular weight is 558 g/mol. The van der Waals surface area contributed by atoms with Crippen LogP contribution in [0.5, 0.6) is 5.75 Å². The fourth-order valence-corrected chi connectivity index (χ4v) is 4.75. The molecule has 0 unspecified atom stereocenters. The standard InChI is InChI=1S/C29H31N7O3S/c1-36(2)17-6-18-38-22-11-9-20(10-12-22)26-34-25-24(14-16-31-27(25)39-26)30-15-13-23-19-32-29(40-23)35-28(37)33-21-7-4-3-5-8-21/h3-5,7-12,14,16,19H,6,13,15,17-18H2,1-2H3,(H,30,31)(H2,32,33,35,37). The number of aromatic nitrogens is 3. The molecular formula is C29H31N7O3S. The maximum absolute atomic E-state index is 12.2. The highest BCUT2D eigenvalue weighted by Gasteiger charge is 2.13. The Kier molecular flexibility index (Phi) is 8.84. The summed E-state index contributed by atoms with van der Waals surface area (Å²) in [5, 5.41) is 9.53. The first-order valence-electron chi connectivity index (χ1n) is 13.0. The molecule has 206 valence electrons. The molecular weight excluding hydrogens is 526 g/mol. The van der Waals surface area contributed by atoms with E-state index in [1.807, 2.05) is 60.7 Å². The van der Waals surface area contributed by atoms with Crippen molar-refractivity contribution >= 4 is 45.1 Å². The summed E-state index contributed by atoms with van der Waals surface area (Å²) in [6, 6.07) is 18.6. The second-order valence-electron chi connectivity index (χ2n) is 9.31. The number of fused-ring (bicyclic) bond motifs is 1. The lowest BCUT2D eigenvalue weighted by Gasteiger charge is -2.10. The Morgan fingerprint density at radius 3 is 2.65 bits per heavy atom. The van der Waals surface area contributed by atoms with E-state index in [-0.39, 0.29) is 6.03 Å². The van der Waals surface area contributed by atoms with E-state index < -0.39 is 0 Å². The van der Waals surface area contributed by atoms with Crippen LogP contribution in [0.25, 0.3) is 22.7 Å². The topological polar surface area (TPSA) is 117 Å². The van der Waals surface area contributed by atoms with Crippen molar-refractivity contribution in [2.24, 2.45) is 0 Å². The number of oxazole rings is 1. The molecule has 0 saturated heterocycles. The summed E-state index contributed by atoms with van der Waals surface area (Å²) < 4.78 is 11.8. The predicted octanol–water partition coefficient (Wildman–Crippen LogP) is 5.98. The SMILES string of the molecule is CN(C)CCCOc1ccc(-c2nc3c(NCCc4cnc(NC(=O)Nc5ccccc5)s4)ccnc3o2)cc1. The molecule has 5 aromatic rings. The summed E-state index contributed by atoms with van der Waals surface area (Å²) in [7, 11) is 4.10. The number of rotatable bonds is 12. The second-order valence-corrected chi connectivity index (χ2v) is 10.4. The van der Waals surface area contributed by atoms with Gasteiger partial charge in [0.15, 0.2) is 10.6 Å². The Hall–Kier alpha value is -4.48. The van der Waals surface area contributed by atoms with Gasteiger partial charge in [-0.05, 0) is 63.0 Å². The van der Waals surface area contributed by atoms with Crippen LogP contribution in [0.4, 0.5) is 21.3 Å². The Morgan fingerprint density at radius 2 is 1.85 bits per heavy atom. The number of carbonyl (C=O) groups is 1. The van der Waals surface area contributed by atoms with Gasteiger partial charge < -0.3 is 24.7 Å². The summed E-state index contributed by atoms with van der Waals surface area (Å²) >= 11 is 1.44. The predicted molar refractivity (Wildman–Crippen MR) is 159 cm³/mol. The molecule has 0 aliphatic rings. The number of urea groups is 1. The van der Waals surface area contributed by atoms with E-state index in [2.05, 4.69) is 44.9 Å². The van der Waals surface area contributed by atoms with Crippen molar-refractivity contribution < 1.29 is 13.9 Å². The number of ether oxygens (including phenoxy) is 1. The normalized spacial score (nSPS) is 11.1. The van der Waals surface area contributed by atoms with Crippen LogP contribution in [-0.2, 0) is 6.42 Å². The van der Waals surface area contributed by atoms with Crippen LogP contribution in [0, 0.1) is 0 Å². The maximum atomic E-state index is 12.2. The van der Waals surface area contributed by atoms with Crippen LogP contribution in [0.2, 0.25) is 0 Å². The minimum absolute atomic E-state index is 0.326. The summed E-state index contributed by atoms with van der Waals surface area (Å²) in [6.45, 7) is 2.31. The number of para-hydroxylation sites is 1. The second kappa shape index (κ2) is 13.0. The van der Waals surface area contributed by atoms with Gasteiger partial charge in [0.1, 0.15) is 5.75 Å². The zero-order chi connectivity index (χ0) is 27.7. The van der Waals surface area contributed by atoms with Gasteiger partial charge in [0, 0.05) is 48.0 Å². The number of nitrogens with one attached hydrogen (secondary N) is 3. The van der Waals surface area contributed by atoms with Gasteiger partial charge in [0.05, 0.1) is 12.3 Å². The molecule has 40 heavy (non-hydrogen) atoms. The maximum Gasteiger partial charge on any atom is 0.325 e. The highest BCUT2D eigenvalue weighted by molar-refractivity contribution is 7.15. The van der Waals surface area contributed by atoms with E-state index >= 15 is 0 Å². The van der Waals surface area contributed by atoms with E-state index in [0.717, 1.165) is 47.0 Å². The van der Waals surface area contributed by atoms with Crippen molar-refractivity contribution in [2.75, 3.05) is 49.7 Å². The van der Waals surface area contributed by atoms with Crippen LogP contribution in [0.1, 0.15) is 11.3 Å². The van der Waals surface area contributed by atoms with Crippen LogP contribution >= 0.6 is 11.3 Å². The number of pyridine rings is 1. The lowest BCUT2D eigenvalue weighted by Crippen LogP contribution is -2.19. The van der Waals surface area contributed by atoms with Crippen LogP contribution in [-0.4, -0.2) is 59.7 Å². The number of carbonyl (C=O) groups excluding carboxylic acids is 1. The van der Waals surface area contributed by atoms with Gasteiger partial charge in [0.2, 0.25) is 11.6 Å². The van der Waals surface area contributed by atoms with Crippen molar-refractivity contribution in [3.8, 4) is 17.2 Å². The summed E-state index contributed by atoms with van der Waals surface area (Å²) in [6.07, 6.45) is 5.17. The minimum atomic E-state index is -0.326. The van der Waals surface area contributed by atoms with Gasteiger partial charge in [-0.15, -0.1) is 11.3 Å². The summed E-state index contributed by atoms with van der Waals surface area (Å²) in [5.74, 6) is 1.32. The third kappa shape index (κ3) is 7.33. The van der Waals surface area contributed by atoms with Crippen molar-refractivity contribution in [3.63, 3.8) is 0 Å². The van der Waals surface area contributed by atoms with E-state index in [0.29, 0.717) is 35.4 Å². The van der Waals surface area contributed by atoms with Crippen molar-refractivity contribution in [1.82, 2.24) is 19.9 Å². The van der Waals surface area contributed by atoms with Crippen LogP contribution in [0.3, 0.4) is 0 Å². The lowest BCUT2D eigenvalue weighted by molar-refractivity contribution is 0.262. The molecule has 0 fully saturated rings. The van der Waals surface area contributed by atoms with Gasteiger partial charge in [-0.2, -0.15) is 0 Å². The molecule has 11 heteroatoms. The molecule has 3 N–H and O–H groups in total. The van der Waals surface area contributed by atoms with E-state index in [9.17, 15) is 4.79 Å². The Morgan fingerprint density at radius 1 is 1.02 bits per heavy atom. The minimum Gasteiger partial charge on any atom is -0.494 e. The monoisotopic (exact) mass is 557 g/mol. The molecule has 0 aliphatic heterocycles. The van der Waals surface area contributed by atoms with Crippen molar-refractivity contribution in [2.45, 2.75) is 12.8 Å². The van der Waals surface area contributed by atoms with E-state index in [1.165, 1.54) is 11.3 Å². The number of nitrogens with zero attached hydrogens (tertiary/aromatic N) is 4. The number of amides is 2. The highest BCUT2D eigenvalue weighted by Crippen LogP contribution is 2.29. The largest absolute Gasteiger partial charge is 0.494 e. The van der Waals surface area contributed by atoms with Gasteiger partial charge in [-0.1, -0.05) is 18.2 Å². The van der Waals surface area contributed by atoms with E-state index in [4.69, 9.17) is 14.1 Å². The van der Waals surface area contributed by atoms with Crippen LogP contribution in [0.15, 0.2) is 77.5 Å². The molecule has 0 aliphatic carbocycles. The molecule has 5 rings (SSSR count). The summed E-state index contributed by atoms with van der Waals surface area (Å²) in [5.41, 5.74) is 3.55. The zero-order valence-electron chi connectivity index (χ0n) is 22.4. The number of hydrogen-bond acceptors (Lipinski definition) is 9. The number of anilines is 3. The molecule has 0 radical (unpaired) electrons. The number of benzene rings is 2. The smallest absolute Gasteiger partial charge is 0.325 e. The first-order chi connectivity index (χ1) is 19.5. The van der Waals surface area contributed by atoms with Gasteiger partial charge in [-0.3, -0.25) is 5.32 Å². The first kappa shape index (κ1) is 27.1. The molecule has 3 aromatic heterocycles. The zero-order valence-corrected chi connectivity index (χ0v) is 23.2. The third-order valence-electron chi connectivity index (χ3n) is 5.91. The van der Waals surface area contributed by atoms with Crippen molar-refractivity contribution in [1.29, 1.82) is 0 Å². The Labute approximate surface area is 236 Å². The number of hydrogen-bond donors (Lipinski definition) is 3. The molecule has 2 amide bonds. The fourth-order valence-electron chi connectivity index (χ4n) is 3.95. The highest BCUT2D eigenvalue weighted by atomic mass is 32.1. The first-order valence-corrected chi connectivity index (χ1v) is 13.8. The van der Waals surface area contributed by atoms with Crippen LogP contribution < -0.4 is 20.7 Å². The fraction of sp³-hybridized carbons (Fsp3) is 0.241.